The number of nitrogen functional groups attached to an aromatic ring is 1. The van der Waals surface area contributed by atoms with Crippen LogP contribution in [-0.4, -0.2) is 14.5 Å². The van der Waals surface area contributed by atoms with E-state index in [1.807, 2.05) is 18.2 Å². The first-order valence-electron chi connectivity index (χ1n) is 9.82. The molecule has 2 heterocycles. The Labute approximate surface area is 201 Å². The first-order valence-corrected chi connectivity index (χ1v) is 11.3. The number of nitrogens with one attached hydrogen (secondary N) is 1. The number of nitrogens with zero attached hydrogens (tertiary/aromatic N) is 4. The second kappa shape index (κ2) is 9.11. The minimum absolute atomic E-state index is 0.0394. The third-order valence-electron chi connectivity index (χ3n) is 5.20. The fourth-order valence-corrected chi connectivity index (χ4v) is 4.30. The van der Waals surface area contributed by atoms with Crippen LogP contribution in [0, 0.1) is 23.0 Å². The Morgan fingerprint density at radius 1 is 1.27 bits per heavy atom. The number of benzene rings is 2. The molecule has 0 spiro atoms. The summed E-state index contributed by atoms with van der Waals surface area (Å²) in [5.74, 6) is -2.08. The molecule has 1 atom stereocenters. The van der Waals surface area contributed by atoms with E-state index in [4.69, 9.17) is 5.73 Å². The number of hydrogen-bond donors (Lipinski definition) is 2. The summed E-state index contributed by atoms with van der Waals surface area (Å²) in [6, 6.07) is 12.2. The number of alkyl halides is 1. The standard InChI is InChI=1S/C23H17F2IN6O/c1-12(30-21-15(10-27)11-29-23(28)31-21)18-8-13-4-2-5-14(9-26)19(13)22(33)32(18)17-7-3-6-16(24)20(17)25/h2-8,11-12H,9H2,1H3,(H3,28,29,30,31)/t12-/m0/s1. The number of fused-ring (bicyclic) bond motifs is 1. The topological polar surface area (TPSA) is 110 Å². The van der Waals surface area contributed by atoms with Crippen LogP contribution in [0.3, 0.4) is 0 Å². The zero-order chi connectivity index (χ0) is 23.7. The van der Waals surface area contributed by atoms with Crippen molar-refractivity contribution in [1.82, 2.24) is 14.5 Å². The van der Waals surface area contributed by atoms with Gasteiger partial charge in [-0.2, -0.15) is 10.2 Å². The maximum Gasteiger partial charge on any atom is 0.263 e. The largest absolute Gasteiger partial charge is 0.368 e. The fraction of sp³-hybridized carbons (Fsp3) is 0.130. The van der Waals surface area contributed by atoms with Gasteiger partial charge in [0.25, 0.3) is 5.56 Å². The van der Waals surface area contributed by atoms with Crippen molar-refractivity contribution in [2.45, 2.75) is 17.4 Å². The number of hydrogen-bond acceptors (Lipinski definition) is 6. The molecule has 0 fully saturated rings. The highest BCUT2D eigenvalue weighted by molar-refractivity contribution is 14.1. The summed E-state index contributed by atoms with van der Waals surface area (Å²) in [4.78, 5) is 21.5. The van der Waals surface area contributed by atoms with Crippen molar-refractivity contribution in [2.24, 2.45) is 0 Å². The Bertz CT molecular complexity index is 1480. The van der Waals surface area contributed by atoms with Crippen molar-refractivity contribution in [3.05, 3.63) is 87.5 Å². The average Bonchev–Trinajstić information content (AvgIpc) is 2.80. The summed E-state index contributed by atoms with van der Waals surface area (Å²) in [7, 11) is 0. The molecular weight excluding hydrogens is 541 g/mol. The lowest BCUT2D eigenvalue weighted by Crippen LogP contribution is -2.27. The Kier molecular flexibility index (Phi) is 6.24. The summed E-state index contributed by atoms with van der Waals surface area (Å²) in [6.07, 6.45) is 1.28. The van der Waals surface area contributed by atoms with Gasteiger partial charge in [-0.05, 0) is 36.1 Å². The zero-order valence-electron chi connectivity index (χ0n) is 17.3. The molecule has 0 aliphatic heterocycles. The van der Waals surface area contributed by atoms with Crippen molar-refractivity contribution >= 4 is 45.1 Å². The smallest absolute Gasteiger partial charge is 0.263 e. The predicted molar refractivity (Wildman–Crippen MR) is 130 cm³/mol. The Hall–Kier alpha value is -3.59. The molecule has 0 radical (unpaired) electrons. The minimum atomic E-state index is -1.14. The third kappa shape index (κ3) is 4.11. The molecule has 2 aromatic heterocycles. The van der Waals surface area contributed by atoms with Crippen LogP contribution in [0.4, 0.5) is 20.5 Å². The first-order chi connectivity index (χ1) is 15.8. The van der Waals surface area contributed by atoms with E-state index < -0.39 is 23.2 Å². The van der Waals surface area contributed by atoms with E-state index in [2.05, 4.69) is 37.9 Å². The lowest BCUT2D eigenvalue weighted by molar-refractivity contribution is 0.502. The molecule has 4 rings (SSSR count). The highest BCUT2D eigenvalue weighted by atomic mass is 127. The van der Waals surface area contributed by atoms with Crippen LogP contribution in [0.1, 0.15) is 29.8 Å². The van der Waals surface area contributed by atoms with Gasteiger partial charge in [-0.25, -0.2) is 13.8 Å². The normalized spacial score (nSPS) is 11.8. The van der Waals surface area contributed by atoms with E-state index in [0.717, 1.165) is 16.2 Å². The van der Waals surface area contributed by atoms with Gasteiger partial charge in [0.05, 0.1) is 23.3 Å². The average molecular weight is 558 g/mol. The molecule has 2 aromatic carbocycles. The number of pyridine rings is 1. The van der Waals surface area contributed by atoms with Crippen molar-refractivity contribution < 1.29 is 8.78 Å². The van der Waals surface area contributed by atoms with Crippen molar-refractivity contribution in [3.8, 4) is 11.8 Å². The van der Waals surface area contributed by atoms with E-state index in [1.165, 1.54) is 18.3 Å². The van der Waals surface area contributed by atoms with Crippen LogP contribution in [0.25, 0.3) is 16.5 Å². The van der Waals surface area contributed by atoms with E-state index in [0.29, 0.717) is 20.9 Å². The van der Waals surface area contributed by atoms with Crippen LogP contribution in [0.5, 0.6) is 0 Å². The van der Waals surface area contributed by atoms with Crippen LogP contribution < -0.4 is 16.6 Å². The molecule has 33 heavy (non-hydrogen) atoms. The third-order valence-corrected chi connectivity index (χ3v) is 6.02. The van der Waals surface area contributed by atoms with Crippen molar-refractivity contribution in [3.63, 3.8) is 0 Å². The number of rotatable bonds is 5. The molecule has 166 valence electrons. The summed E-state index contributed by atoms with van der Waals surface area (Å²) in [5, 5.41) is 13.5. The summed E-state index contributed by atoms with van der Waals surface area (Å²) >= 11 is 2.15. The Morgan fingerprint density at radius 3 is 2.76 bits per heavy atom. The van der Waals surface area contributed by atoms with Gasteiger partial charge in [0, 0.05) is 10.1 Å². The van der Waals surface area contributed by atoms with Crippen molar-refractivity contribution in [1.29, 1.82) is 5.26 Å². The van der Waals surface area contributed by atoms with Crippen LogP contribution in [-0.2, 0) is 4.43 Å². The molecule has 4 aromatic rings. The van der Waals surface area contributed by atoms with Gasteiger partial charge < -0.3 is 11.1 Å². The maximum atomic E-state index is 14.9. The second-order valence-electron chi connectivity index (χ2n) is 7.27. The van der Waals surface area contributed by atoms with E-state index in [9.17, 15) is 18.8 Å². The van der Waals surface area contributed by atoms with Gasteiger partial charge in [-0.1, -0.05) is 46.9 Å². The van der Waals surface area contributed by atoms with Gasteiger partial charge in [0.1, 0.15) is 17.5 Å². The van der Waals surface area contributed by atoms with E-state index in [-0.39, 0.29) is 23.0 Å². The number of aromatic nitrogens is 3. The van der Waals surface area contributed by atoms with Crippen LogP contribution in [0.2, 0.25) is 0 Å². The monoisotopic (exact) mass is 558 g/mol. The van der Waals surface area contributed by atoms with Gasteiger partial charge in [-0.3, -0.25) is 9.36 Å². The number of anilines is 2. The number of nitrogens with two attached hydrogens (primary N) is 1. The number of nitriles is 1. The summed E-state index contributed by atoms with van der Waals surface area (Å²) < 4.78 is 30.7. The Morgan fingerprint density at radius 2 is 2.03 bits per heavy atom. The second-order valence-corrected chi connectivity index (χ2v) is 8.03. The quantitative estimate of drug-likeness (QED) is 0.273. The summed E-state index contributed by atoms with van der Waals surface area (Å²) in [6.45, 7) is 1.72. The molecule has 0 amide bonds. The fourth-order valence-electron chi connectivity index (χ4n) is 3.66. The predicted octanol–water partition coefficient (Wildman–Crippen LogP) is 4.62. The molecule has 10 heteroatoms. The number of halogens is 3. The molecule has 0 bridgehead atoms. The van der Waals surface area contributed by atoms with Gasteiger partial charge in [0.2, 0.25) is 5.95 Å². The molecule has 7 nitrogen and oxygen atoms in total. The molecule has 0 saturated heterocycles. The Balaban J connectivity index is 2.00. The summed E-state index contributed by atoms with van der Waals surface area (Å²) in [5.41, 5.74) is 6.26. The van der Waals surface area contributed by atoms with Crippen molar-refractivity contribution in [2.75, 3.05) is 11.1 Å². The van der Waals surface area contributed by atoms with E-state index in [1.54, 1.807) is 19.1 Å². The van der Waals surface area contributed by atoms with E-state index >= 15 is 0 Å². The molecule has 0 saturated carbocycles. The molecular formula is C23H17F2IN6O. The lowest BCUT2D eigenvalue weighted by atomic mass is 10.0. The van der Waals surface area contributed by atoms with Gasteiger partial charge in [-0.15, -0.1) is 0 Å². The van der Waals surface area contributed by atoms with Crippen LogP contribution >= 0.6 is 22.6 Å². The molecule has 0 aliphatic rings. The molecule has 0 unspecified atom stereocenters. The van der Waals surface area contributed by atoms with Gasteiger partial charge in [0.15, 0.2) is 11.6 Å². The highest BCUT2D eigenvalue weighted by Crippen LogP contribution is 2.28. The minimum Gasteiger partial charge on any atom is -0.368 e. The van der Waals surface area contributed by atoms with Crippen LogP contribution in [0.15, 0.2) is 53.5 Å². The first kappa shape index (κ1) is 22.6. The SMILES string of the molecule is C[C@H](Nc1nc(N)ncc1C#N)c1cc2cccc(CI)c2c(=O)n1-c1cccc(F)c1F. The zero-order valence-corrected chi connectivity index (χ0v) is 19.5. The maximum absolute atomic E-state index is 14.9. The van der Waals surface area contributed by atoms with Gasteiger partial charge >= 0.3 is 0 Å². The molecule has 0 aliphatic carbocycles. The lowest BCUT2D eigenvalue weighted by Gasteiger charge is -2.22. The molecule has 3 N–H and O–H groups in total. The highest BCUT2D eigenvalue weighted by Gasteiger charge is 2.22.